The molecule has 0 fully saturated rings. The number of para-hydroxylation sites is 1. The lowest BCUT2D eigenvalue weighted by Crippen LogP contribution is -2.20. The summed E-state index contributed by atoms with van der Waals surface area (Å²) in [6, 6.07) is 16.7. The van der Waals surface area contributed by atoms with E-state index in [4.69, 9.17) is 0 Å². The van der Waals surface area contributed by atoms with Crippen molar-refractivity contribution in [2.75, 3.05) is 17.3 Å². The topological polar surface area (TPSA) is 53.9 Å². The molecule has 0 radical (unpaired) electrons. The average molecular weight is 347 g/mol. The summed E-state index contributed by atoms with van der Waals surface area (Å²) in [7, 11) is 1.98. The van der Waals surface area contributed by atoms with E-state index in [0.29, 0.717) is 11.8 Å². The third-order valence-electron chi connectivity index (χ3n) is 4.40. The van der Waals surface area contributed by atoms with Gasteiger partial charge < -0.3 is 10.2 Å². The van der Waals surface area contributed by atoms with Gasteiger partial charge in [0.1, 0.15) is 0 Å². The minimum atomic E-state index is 0.603. The highest BCUT2D eigenvalue weighted by Crippen LogP contribution is 2.26. The molecule has 3 aromatic rings. The second-order valence-corrected chi connectivity index (χ2v) is 6.27. The lowest BCUT2D eigenvalue weighted by molar-refractivity contribution is 0.831. The molecule has 0 saturated heterocycles. The van der Waals surface area contributed by atoms with Crippen LogP contribution >= 0.6 is 0 Å². The Labute approximate surface area is 155 Å². The first-order chi connectivity index (χ1) is 12.7. The summed E-state index contributed by atoms with van der Waals surface area (Å²) in [6.07, 6.45) is 3.61. The molecule has 0 aliphatic rings. The number of hydrogen-bond donors (Lipinski definition) is 1. The number of hydrogen-bond acceptors (Lipinski definition) is 5. The molecule has 0 aliphatic carbocycles. The van der Waals surface area contributed by atoms with Crippen LogP contribution in [0.2, 0.25) is 0 Å². The molecule has 0 amide bonds. The molecule has 0 aliphatic heterocycles. The molecule has 1 heterocycles. The molecule has 0 unspecified atom stereocenters. The maximum atomic E-state index is 4.66. The Morgan fingerprint density at radius 2 is 1.62 bits per heavy atom. The van der Waals surface area contributed by atoms with Crippen LogP contribution in [0.15, 0.2) is 54.7 Å². The number of nitrogens with one attached hydrogen (secondary N) is 1. The minimum Gasteiger partial charge on any atom is -0.338 e. The van der Waals surface area contributed by atoms with E-state index in [1.807, 2.05) is 30.1 Å². The second kappa shape index (κ2) is 8.43. The molecule has 0 saturated carbocycles. The van der Waals surface area contributed by atoms with Gasteiger partial charge in [0.25, 0.3) is 0 Å². The Morgan fingerprint density at radius 3 is 2.27 bits per heavy atom. The maximum absolute atomic E-state index is 4.66. The lowest BCUT2D eigenvalue weighted by atomic mass is 10.0. The van der Waals surface area contributed by atoms with Crippen molar-refractivity contribution in [1.29, 1.82) is 0 Å². The molecule has 5 nitrogen and oxygen atoms in total. The van der Waals surface area contributed by atoms with Gasteiger partial charge in [-0.25, -0.2) is 0 Å². The summed E-state index contributed by atoms with van der Waals surface area (Å²) in [4.78, 5) is 6.66. The zero-order valence-electron chi connectivity index (χ0n) is 15.6. The molecule has 0 atom stereocenters. The van der Waals surface area contributed by atoms with Crippen LogP contribution in [0, 0.1) is 0 Å². The van der Waals surface area contributed by atoms with Crippen molar-refractivity contribution >= 4 is 17.5 Å². The zero-order chi connectivity index (χ0) is 18.4. The second-order valence-electron chi connectivity index (χ2n) is 6.27. The van der Waals surface area contributed by atoms with Crippen LogP contribution < -0.4 is 10.2 Å². The Bertz CT molecular complexity index is 826. The molecule has 2 aromatic carbocycles. The van der Waals surface area contributed by atoms with Gasteiger partial charge in [-0.1, -0.05) is 62.4 Å². The Kier molecular flexibility index (Phi) is 5.79. The van der Waals surface area contributed by atoms with Crippen LogP contribution in [0.5, 0.6) is 0 Å². The van der Waals surface area contributed by atoms with Crippen LogP contribution in [-0.4, -0.2) is 22.2 Å². The molecule has 5 heteroatoms. The molecular formula is C21H25N5. The highest BCUT2D eigenvalue weighted by Gasteiger charge is 2.10. The molecule has 0 spiro atoms. The largest absolute Gasteiger partial charge is 0.338 e. The van der Waals surface area contributed by atoms with Crippen LogP contribution in [-0.2, 0) is 19.4 Å². The number of aromatic nitrogens is 3. The fraction of sp³-hybridized carbons (Fsp3) is 0.286. The molecule has 1 aromatic heterocycles. The van der Waals surface area contributed by atoms with Gasteiger partial charge in [0.05, 0.1) is 6.20 Å². The maximum Gasteiger partial charge on any atom is 0.247 e. The van der Waals surface area contributed by atoms with Gasteiger partial charge in [0.15, 0.2) is 5.82 Å². The van der Waals surface area contributed by atoms with E-state index in [2.05, 4.69) is 64.7 Å². The summed E-state index contributed by atoms with van der Waals surface area (Å²) in [6.45, 7) is 5.06. The highest BCUT2D eigenvalue weighted by atomic mass is 15.3. The summed E-state index contributed by atoms with van der Waals surface area (Å²) in [5, 5.41) is 11.8. The fourth-order valence-corrected chi connectivity index (χ4v) is 2.98. The van der Waals surface area contributed by atoms with Gasteiger partial charge in [0, 0.05) is 19.3 Å². The van der Waals surface area contributed by atoms with E-state index in [0.717, 1.165) is 25.1 Å². The fourth-order valence-electron chi connectivity index (χ4n) is 2.98. The van der Waals surface area contributed by atoms with Crippen LogP contribution in [0.4, 0.5) is 17.5 Å². The summed E-state index contributed by atoms with van der Waals surface area (Å²) in [5.41, 5.74) is 4.90. The van der Waals surface area contributed by atoms with E-state index >= 15 is 0 Å². The van der Waals surface area contributed by atoms with Crippen molar-refractivity contribution < 1.29 is 0 Å². The van der Waals surface area contributed by atoms with Gasteiger partial charge in [-0.05, 0) is 29.5 Å². The highest BCUT2D eigenvalue weighted by molar-refractivity contribution is 5.65. The molecule has 0 bridgehead atoms. The van der Waals surface area contributed by atoms with E-state index in [1.165, 1.54) is 16.7 Å². The van der Waals surface area contributed by atoms with Crippen molar-refractivity contribution in [3.05, 3.63) is 71.4 Å². The average Bonchev–Trinajstić information content (AvgIpc) is 2.69. The van der Waals surface area contributed by atoms with Crippen molar-refractivity contribution in [2.24, 2.45) is 0 Å². The quantitative estimate of drug-likeness (QED) is 0.687. The molecule has 1 N–H and O–H groups in total. The molecule has 26 heavy (non-hydrogen) atoms. The standard InChI is InChI=1S/C21H25N5/c1-4-17-12-9-13-18(5-2)20(17)23-19-14-22-25-21(24-19)26(3)15-16-10-7-6-8-11-16/h6-14H,4-5,15H2,1-3H3,(H,23,24,25). The van der Waals surface area contributed by atoms with Crippen LogP contribution in [0.3, 0.4) is 0 Å². The van der Waals surface area contributed by atoms with Crippen molar-refractivity contribution in [1.82, 2.24) is 15.2 Å². The number of anilines is 3. The Balaban J connectivity index is 1.82. The first-order valence-corrected chi connectivity index (χ1v) is 9.03. The monoisotopic (exact) mass is 347 g/mol. The predicted molar refractivity (Wildman–Crippen MR) is 107 cm³/mol. The third-order valence-corrected chi connectivity index (χ3v) is 4.40. The molecule has 3 rings (SSSR count). The van der Waals surface area contributed by atoms with E-state index in [1.54, 1.807) is 6.20 Å². The summed E-state index contributed by atoms with van der Waals surface area (Å²) < 4.78 is 0. The number of aryl methyl sites for hydroxylation is 2. The zero-order valence-corrected chi connectivity index (χ0v) is 15.6. The van der Waals surface area contributed by atoms with Gasteiger partial charge in [0.2, 0.25) is 5.95 Å². The Morgan fingerprint density at radius 1 is 0.923 bits per heavy atom. The van der Waals surface area contributed by atoms with Gasteiger partial charge in [-0.2, -0.15) is 10.1 Å². The normalized spacial score (nSPS) is 10.6. The van der Waals surface area contributed by atoms with Gasteiger partial charge in [-0.15, -0.1) is 5.10 Å². The van der Waals surface area contributed by atoms with Gasteiger partial charge in [-0.3, -0.25) is 0 Å². The van der Waals surface area contributed by atoms with Crippen molar-refractivity contribution in [3.63, 3.8) is 0 Å². The lowest BCUT2D eigenvalue weighted by Gasteiger charge is -2.18. The summed E-state index contributed by atoms with van der Waals surface area (Å²) >= 11 is 0. The smallest absolute Gasteiger partial charge is 0.247 e. The van der Waals surface area contributed by atoms with Gasteiger partial charge >= 0.3 is 0 Å². The SMILES string of the molecule is CCc1cccc(CC)c1Nc1cnnc(N(C)Cc2ccccc2)n1. The van der Waals surface area contributed by atoms with E-state index in [-0.39, 0.29) is 0 Å². The predicted octanol–water partition coefficient (Wildman–Crippen LogP) is 4.38. The first kappa shape index (κ1) is 17.9. The summed E-state index contributed by atoms with van der Waals surface area (Å²) in [5.74, 6) is 1.32. The molecule has 134 valence electrons. The minimum absolute atomic E-state index is 0.603. The van der Waals surface area contributed by atoms with E-state index < -0.39 is 0 Å². The van der Waals surface area contributed by atoms with Crippen molar-refractivity contribution in [3.8, 4) is 0 Å². The van der Waals surface area contributed by atoms with Crippen molar-refractivity contribution in [2.45, 2.75) is 33.2 Å². The van der Waals surface area contributed by atoms with Crippen LogP contribution in [0.25, 0.3) is 0 Å². The molecular weight excluding hydrogens is 322 g/mol. The van der Waals surface area contributed by atoms with Crippen LogP contribution in [0.1, 0.15) is 30.5 Å². The number of rotatable bonds is 7. The van der Waals surface area contributed by atoms with E-state index in [9.17, 15) is 0 Å². The number of benzene rings is 2. The first-order valence-electron chi connectivity index (χ1n) is 9.03. The number of nitrogens with zero attached hydrogens (tertiary/aromatic N) is 4. The Hall–Kier alpha value is -2.95. The third kappa shape index (κ3) is 4.17.